The van der Waals surface area contributed by atoms with Crippen LogP contribution in [-0.2, 0) is 0 Å². The monoisotopic (exact) mass is 273 g/mol. The van der Waals surface area contributed by atoms with Crippen molar-refractivity contribution in [1.29, 1.82) is 0 Å². The van der Waals surface area contributed by atoms with Gasteiger partial charge >= 0.3 is 5.97 Å². The number of carboxylic acids is 1. The zero-order valence-electron chi connectivity index (χ0n) is 9.61. The third-order valence-electron chi connectivity index (χ3n) is 3.04. The number of H-pyrrole nitrogens is 1. The molecule has 0 radical (unpaired) electrons. The van der Waals surface area contributed by atoms with Crippen LogP contribution in [0.4, 0.5) is 0 Å². The summed E-state index contributed by atoms with van der Waals surface area (Å²) in [6.07, 6.45) is 0. The van der Waals surface area contributed by atoms with Crippen LogP contribution in [-0.4, -0.2) is 16.1 Å². The van der Waals surface area contributed by atoms with Crippen molar-refractivity contribution < 1.29 is 9.90 Å². The number of fused-ring (bicyclic) bond motifs is 2. The molecule has 2 N–H and O–H groups in total. The minimum Gasteiger partial charge on any atom is -0.478 e. The fraction of sp³-hybridized carbons (Fsp3) is 0. The van der Waals surface area contributed by atoms with Gasteiger partial charge in [-0.15, -0.1) is 0 Å². The Morgan fingerprint density at radius 3 is 2.63 bits per heavy atom. The number of carboxylic acid groups (broad SMARTS) is 1. The molecule has 0 saturated carbocycles. The molecule has 3 rings (SSSR count). The van der Waals surface area contributed by atoms with Crippen LogP contribution in [0.25, 0.3) is 21.8 Å². The van der Waals surface area contributed by atoms with Crippen molar-refractivity contribution in [1.82, 2.24) is 4.98 Å². The van der Waals surface area contributed by atoms with Gasteiger partial charge in [-0.2, -0.15) is 0 Å². The highest BCUT2D eigenvalue weighted by Gasteiger charge is 2.13. The first kappa shape index (κ1) is 11.7. The van der Waals surface area contributed by atoms with Gasteiger partial charge < -0.3 is 10.1 Å². The Morgan fingerprint density at radius 2 is 1.89 bits per heavy atom. The number of aromatic nitrogens is 1. The van der Waals surface area contributed by atoms with Crippen LogP contribution in [0, 0.1) is 0 Å². The van der Waals surface area contributed by atoms with E-state index in [2.05, 4.69) is 4.98 Å². The molecule has 0 aliphatic rings. The third-order valence-corrected chi connectivity index (χ3v) is 3.35. The predicted octanol–water partition coefficient (Wildman–Crippen LogP) is 3.03. The van der Waals surface area contributed by atoms with E-state index in [1.165, 1.54) is 6.07 Å². The second-order valence-electron chi connectivity index (χ2n) is 4.15. The highest BCUT2D eigenvalue weighted by Crippen LogP contribution is 2.23. The van der Waals surface area contributed by atoms with E-state index in [0.29, 0.717) is 26.8 Å². The summed E-state index contributed by atoms with van der Waals surface area (Å²) in [5, 5.41) is 10.2. The predicted molar refractivity (Wildman–Crippen MR) is 74.0 cm³/mol. The fourth-order valence-electron chi connectivity index (χ4n) is 2.18. The Balaban J connectivity index is 2.62. The largest absolute Gasteiger partial charge is 0.478 e. The molecule has 1 heterocycles. The first-order valence-corrected chi connectivity index (χ1v) is 5.94. The van der Waals surface area contributed by atoms with Crippen LogP contribution in [0.3, 0.4) is 0 Å². The molecule has 4 nitrogen and oxygen atoms in total. The summed E-state index contributed by atoms with van der Waals surface area (Å²) in [4.78, 5) is 26.5. The Kier molecular flexibility index (Phi) is 2.54. The molecule has 0 saturated heterocycles. The second kappa shape index (κ2) is 4.10. The normalized spacial score (nSPS) is 11.0. The highest BCUT2D eigenvalue weighted by atomic mass is 35.5. The summed E-state index contributed by atoms with van der Waals surface area (Å²) < 4.78 is 0. The number of aromatic amines is 1. The smallest absolute Gasteiger partial charge is 0.337 e. The molecule has 1 aromatic heterocycles. The van der Waals surface area contributed by atoms with Crippen LogP contribution >= 0.6 is 11.6 Å². The van der Waals surface area contributed by atoms with Crippen molar-refractivity contribution in [2.75, 3.05) is 0 Å². The molecule has 0 aliphatic carbocycles. The zero-order chi connectivity index (χ0) is 13.6. The van der Waals surface area contributed by atoms with Crippen LogP contribution in [0.1, 0.15) is 10.4 Å². The van der Waals surface area contributed by atoms with Gasteiger partial charge in [-0.05, 0) is 24.3 Å². The van der Waals surface area contributed by atoms with Crippen LogP contribution in [0.15, 0.2) is 41.2 Å². The minimum absolute atomic E-state index is 0.0662. The minimum atomic E-state index is -1.08. The molecule has 0 aliphatic heterocycles. The van der Waals surface area contributed by atoms with Crippen LogP contribution in [0.5, 0.6) is 0 Å². The second-order valence-corrected chi connectivity index (χ2v) is 4.56. The number of hydrogen-bond donors (Lipinski definition) is 2. The van der Waals surface area contributed by atoms with E-state index in [9.17, 15) is 9.59 Å². The summed E-state index contributed by atoms with van der Waals surface area (Å²) in [6, 6.07) is 9.62. The number of halogens is 1. The van der Waals surface area contributed by atoms with E-state index >= 15 is 0 Å². The summed E-state index contributed by atoms with van der Waals surface area (Å²) >= 11 is 6.03. The Bertz CT molecular complexity index is 883. The lowest BCUT2D eigenvalue weighted by molar-refractivity contribution is 0.0699. The van der Waals surface area contributed by atoms with E-state index in [1.54, 1.807) is 30.3 Å². The summed E-state index contributed by atoms with van der Waals surface area (Å²) in [6.45, 7) is 0. The molecule has 0 spiro atoms. The van der Waals surface area contributed by atoms with Gasteiger partial charge in [0, 0.05) is 5.39 Å². The number of benzene rings is 2. The fourth-order valence-corrected chi connectivity index (χ4v) is 2.44. The summed E-state index contributed by atoms with van der Waals surface area (Å²) in [5.74, 6) is -1.08. The maximum atomic E-state index is 12.4. The molecule has 5 heteroatoms. The molecule has 2 aromatic carbocycles. The number of hydrogen-bond acceptors (Lipinski definition) is 2. The standard InChI is InChI=1S/C14H8ClNO3/c15-9-5-2-6-10-11(9)13(17)7-3-1-4-8(14(18)19)12(7)16-10/h1-6H,(H,16,17)(H,18,19). The maximum Gasteiger partial charge on any atom is 0.337 e. The lowest BCUT2D eigenvalue weighted by atomic mass is 10.1. The lowest BCUT2D eigenvalue weighted by Crippen LogP contribution is -2.08. The van der Waals surface area contributed by atoms with Gasteiger partial charge in [0.2, 0.25) is 0 Å². The molecule has 0 fully saturated rings. The van der Waals surface area contributed by atoms with Crippen molar-refractivity contribution in [3.8, 4) is 0 Å². The molecule has 3 aromatic rings. The van der Waals surface area contributed by atoms with E-state index in [0.717, 1.165) is 0 Å². The van der Waals surface area contributed by atoms with Crippen molar-refractivity contribution in [2.24, 2.45) is 0 Å². The SMILES string of the molecule is O=C(O)c1cccc2c(=O)c3c(Cl)cccc3[nH]c12. The first-order valence-electron chi connectivity index (χ1n) is 5.56. The molecular weight excluding hydrogens is 266 g/mol. The van der Waals surface area contributed by atoms with Gasteiger partial charge in [-0.3, -0.25) is 4.79 Å². The van der Waals surface area contributed by atoms with Crippen molar-refractivity contribution in [3.05, 3.63) is 57.2 Å². The van der Waals surface area contributed by atoms with E-state index in [1.807, 2.05) is 0 Å². The Hall–Kier alpha value is -2.33. The molecule has 19 heavy (non-hydrogen) atoms. The maximum absolute atomic E-state index is 12.4. The molecule has 0 bridgehead atoms. The Labute approximate surface area is 112 Å². The van der Waals surface area contributed by atoms with Gasteiger partial charge in [0.05, 0.1) is 27.0 Å². The molecule has 0 amide bonds. The van der Waals surface area contributed by atoms with Crippen LogP contribution in [0.2, 0.25) is 5.02 Å². The number of para-hydroxylation sites is 1. The van der Waals surface area contributed by atoms with E-state index in [4.69, 9.17) is 16.7 Å². The average molecular weight is 274 g/mol. The van der Waals surface area contributed by atoms with Crippen LogP contribution < -0.4 is 5.43 Å². The van der Waals surface area contributed by atoms with Gasteiger partial charge in [0.25, 0.3) is 0 Å². The van der Waals surface area contributed by atoms with Gasteiger partial charge in [0.15, 0.2) is 5.43 Å². The highest BCUT2D eigenvalue weighted by molar-refractivity contribution is 6.35. The van der Waals surface area contributed by atoms with E-state index in [-0.39, 0.29) is 11.0 Å². The average Bonchev–Trinajstić information content (AvgIpc) is 2.38. The van der Waals surface area contributed by atoms with Gasteiger partial charge in [-0.25, -0.2) is 4.79 Å². The van der Waals surface area contributed by atoms with Gasteiger partial charge in [-0.1, -0.05) is 23.7 Å². The lowest BCUT2D eigenvalue weighted by Gasteiger charge is -2.06. The number of carbonyl (C=O) groups is 1. The number of nitrogens with one attached hydrogen (secondary N) is 1. The quantitative estimate of drug-likeness (QED) is 0.670. The summed E-state index contributed by atoms with van der Waals surface area (Å²) in [7, 11) is 0. The topological polar surface area (TPSA) is 70.2 Å². The molecular formula is C14H8ClNO3. The van der Waals surface area contributed by atoms with Gasteiger partial charge in [0.1, 0.15) is 0 Å². The first-order chi connectivity index (χ1) is 9.09. The van der Waals surface area contributed by atoms with Crippen molar-refractivity contribution in [3.63, 3.8) is 0 Å². The number of rotatable bonds is 1. The third kappa shape index (κ3) is 1.69. The molecule has 0 unspecified atom stereocenters. The Morgan fingerprint density at radius 1 is 1.16 bits per heavy atom. The van der Waals surface area contributed by atoms with Crippen molar-refractivity contribution in [2.45, 2.75) is 0 Å². The summed E-state index contributed by atoms with van der Waals surface area (Å²) in [5.41, 5.74) is 0.641. The zero-order valence-corrected chi connectivity index (χ0v) is 10.4. The number of aromatic carboxylic acids is 1. The van der Waals surface area contributed by atoms with E-state index < -0.39 is 5.97 Å². The number of pyridine rings is 1. The molecule has 94 valence electrons. The van der Waals surface area contributed by atoms with Crippen molar-refractivity contribution >= 4 is 39.4 Å². The molecule has 0 atom stereocenters.